The SMILES string of the molecule is C=CCC(NCC)C1SCCSC1C. The molecule has 1 aliphatic rings. The summed E-state index contributed by atoms with van der Waals surface area (Å²) in [4.78, 5) is 0. The maximum atomic E-state index is 3.85. The van der Waals surface area contributed by atoms with Gasteiger partial charge in [-0.2, -0.15) is 23.5 Å². The van der Waals surface area contributed by atoms with Crippen LogP contribution in [-0.2, 0) is 0 Å². The molecule has 0 saturated carbocycles. The van der Waals surface area contributed by atoms with Gasteiger partial charge in [0.15, 0.2) is 0 Å². The number of hydrogen-bond donors (Lipinski definition) is 1. The van der Waals surface area contributed by atoms with Crippen molar-refractivity contribution in [2.24, 2.45) is 0 Å². The van der Waals surface area contributed by atoms with E-state index in [1.165, 1.54) is 11.5 Å². The fourth-order valence-corrected chi connectivity index (χ4v) is 4.84. The molecule has 1 saturated heterocycles. The Morgan fingerprint density at radius 3 is 2.79 bits per heavy atom. The second-order valence-electron chi connectivity index (χ2n) is 3.60. The Balaban J connectivity index is 2.50. The van der Waals surface area contributed by atoms with Gasteiger partial charge in [-0.1, -0.05) is 19.9 Å². The molecule has 1 heterocycles. The summed E-state index contributed by atoms with van der Waals surface area (Å²) in [6, 6.07) is 0.616. The van der Waals surface area contributed by atoms with Crippen molar-refractivity contribution < 1.29 is 0 Å². The van der Waals surface area contributed by atoms with Crippen LogP contribution in [-0.4, -0.2) is 34.6 Å². The van der Waals surface area contributed by atoms with Gasteiger partial charge >= 0.3 is 0 Å². The first kappa shape index (κ1) is 12.5. The van der Waals surface area contributed by atoms with Crippen LogP contribution in [0.2, 0.25) is 0 Å². The van der Waals surface area contributed by atoms with E-state index in [4.69, 9.17) is 0 Å². The van der Waals surface area contributed by atoms with Crippen LogP contribution in [0.5, 0.6) is 0 Å². The zero-order chi connectivity index (χ0) is 10.4. The number of nitrogens with one attached hydrogen (secondary N) is 1. The van der Waals surface area contributed by atoms with Gasteiger partial charge in [-0.15, -0.1) is 6.58 Å². The van der Waals surface area contributed by atoms with E-state index >= 15 is 0 Å². The lowest BCUT2D eigenvalue weighted by Gasteiger charge is -2.34. The zero-order valence-corrected chi connectivity index (χ0v) is 10.8. The number of rotatable bonds is 5. The third-order valence-electron chi connectivity index (χ3n) is 2.52. The Bertz CT molecular complexity index is 173. The molecule has 0 amide bonds. The van der Waals surface area contributed by atoms with E-state index < -0.39 is 0 Å². The molecular weight excluding hydrogens is 210 g/mol. The van der Waals surface area contributed by atoms with Crippen LogP contribution < -0.4 is 5.32 Å². The molecule has 14 heavy (non-hydrogen) atoms. The van der Waals surface area contributed by atoms with Gasteiger partial charge in [0, 0.05) is 28.0 Å². The first-order chi connectivity index (χ1) is 6.79. The van der Waals surface area contributed by atoms with E-state index in [9.17, 15) is 0 Å². The molecule has 1 N–H and O–H groups in total. The summed E-state index contributed by atoms with van der Waals surface area (Å²) in [6.07, 6.45) is 3.14. The van der Waals surface area contributed by atoms with Gasteiger partial charge in [-0.25, -0.2) is 0 Å². The van der Waals surface area contributed by atoms with Gasteiger partial charge in [0.05, 0.1) is 0 Å². The van der Waals surface area contributed by atoms with Crippen LogP contribution in [0.25, 0.3) is 0 Å². The van der Waals surface area contributed by atoms with Crippen molar-refractivity contribution in [1.82, 2.24) is 5.32 Å². The summed E-state index contributed by atoms with van der Waals surface area (Å²) in [6.45, 7) is 9.45. The molecule has 3 unspecified atom stereocenters. The lowest BCUT2D eigenvalue weighted by Crippen LogP contribution is -2.43. The summed E-state index contributed by atoms with van der Waals surface area (Å²) >= 11 is 4.24. The molecule has 3 heteroatoms. The lowest BCUT2D eigenvalue weighted by atomic mass is 10.1. The summed E-state index contributed by atoms with van der Waals surface area (Å²) in [7, 11) is 0. The van der Waals surface area contributed by atoms with E-state index in [1.807, 2.05) is 6.08 Å². The van der Waals surface area contributed by atoms with Gasteiger partial charge in [0.1, 0.15) is 0 Å². The number of thioether (sulfide) groups is 2. The minimum Gasteiger partial charge on any atom is -0.313 e. The normalized spacial score (nSPS) is 29.9. The van der Waals surface area contributed by atoms with Gasteiger partial charge in [-0.3, -0.25) is 0 Å². The summed E-state index contributed by atoms with van der Waals surface area (Å²) in [5.41, 5.74) is 0. The van der Waals surface area contributed by atoms with E-state index in [0.717, 1.165) is 23.5 Å². The topological polar surface area (TPSA) is 12.0 Å². The maximum absolute atomic E-state index is 3.85. The smallest absolute Gasteiger partial charge is 0.0320 e. The van der Waals surface area contributed by atoms with Crippen LogP contribution in [0.3, 0.4) is 0 Å². The van der Waals surface area contributed by atoms with Crippen molar-refractivity contribution in [2.75, 3.05) is 18.1 Å². The monoisotopic (exact) mass is 231 g/mol. The van der Waals surface area contributed by atoms with E-state index in [2.05, 4.69) is 49.3 Å². The van der Waals surface area contributed by atoms with E-state index in [-0.39, 0.29) is 0 Å². The Morgan fingerprint density at radius 1 is 1.50 bits per heavy atom. The van der Waals surface area contributed by atoms with Crippen molar-refractivity contribution in [2.45, 2.75) is 36.8 Å². The standard InChI is InChI=1S/C11H21NS2/c1-4-6-10(12-5-2)11-9(3)13-7-8-14-11/h4,9-12H,1,5-8H2,2-3H3. The molecule has 1 fully saturated rings. The average Bonchev–Trinajstić information content (AvgIpc) is 2.18. The first-order valence-electron chi connectivity index (χ1n) is 5.37. The van der Waals surface area contributed by atoms with Crippen molar-refractivity contribution in [3.8, 4) is 0 Å². The first-order valence-corrected chi connectivity index (χ1v) is 7.46. The Labute approximate surface area is 96.5 Å². The summed E-state index contributed by atoms with van der Waals surface area (Å²) < 4.78 is 0. The summed E-state index contributed by atoms with van der Waals surface area (Å²) in [5, 5.41) is 5.11. The zero-order valence-electron chi connectivity index (χ0n) is 9.16. The molecule has 0 bridgehead atoms. The molecule has 0 aromatic carbocycles. The molecule has 0 aromatic heterocycles. The fraction of sp³-hybridized carbons (Fsp3) is 0.818. The van der Waals surface area contributed by atoms with Crippen molar-refractivity contribution in [3.05, 3.63) is 12.7 Å². The Kier molecular flexibility index (Phi) is 6.06. The molecule has 0 radical (unpaired) electrons. The molecule has 82 valence electrons. The fourth-order valence-electron chi connectivity index (χ4n) is 1.87. The minimum atomic E-state index is 0.616. The van der Waals surface area contributed by atoms with Gasteiger partial charge < -0.3 is 5.32 Å². The highest BCUT2D eigenvalue weighted by Crippen LogP contribution is 2.33. The molecule has 1 aliphatic heterocycles. The van der Waals surface area contributed by atoms with Crippen LogP contribution in [0, 0.1) is 0 Å². The number of hydrogen-bond acceptors (Lipinski definition) is 3. The molecule has 0 spiro atoms. The molecule has 1 rings (SSSR count). The highest BCUT2D eigenvalue weighted by molar-refractivity contribution is 8.07. The van der Waals surface area contributed by atoms with Crippen LogP contribution in [0.1, 0.15) is 20.3 Å². The van der Waals surface area contributed by atoms with E-state index in [1.54, 1.807) is 0 Å². The second kappa shape index (κ2) is 6.81. The highest BCUT2D eigenvalue weighted by atomic mass is 32.2. The lowest BCUT2D eigenvalue weighted by molar-refractivity contribution is 0.508. The van der Waals surface area contributed by atoms with Gasteiger partial charge in [-0.05, 0) is 13.0 Å². The molecule has 0 aromatic rings. The highest BCUT2D eigenvalue weighted by Gasteiger charge is 2.28. The van der Waals surface area contributed by atoms with Crippen LogP contribution >= 0.6 is 23.5 Å². The molecule has 0 aliphatic carbocycles. The third-order valence-corrected chi connectivity index (χ3v) is 5.77. The Hall–Kier alpha value is 0.400. The Morgan fingerprint density at radius 2 is 2.21 bits per heavy atom. The predicted molar refractivity (Wildman–Crippen MR) is 70.4 cm³/mol. The minimum absolute atomic E-state index is 0.616. The van der Waals surface area contributed by atoms with Crippen molar-refractivity contribution in [1.29, 1.82) is 0 Å². The van der Waals surface area contributed by atoms with Crippen LogP contribution in [0.15, 0.2) is 12.7 Å². The van der Waals surface area contributed by atoms with Gasteiger partial charge in [0.2, 0.25) is 0 Å². The molecular formula is C11H21NS2. The predicted octanol–water partition coefficient (Wildman–Crippen LogP) is 2.78. The van der Waals surface area contributed by atoms with Gasteiger partial charge in [0.25, 0.3) is 0 Å². The van der Waals surface area contributed by atoms with E-state index in [0.29, 0.717) is 6.04 Å². The van der Waals surface area contributed by atoms with Crippen molar-refractivity contribution >= 4 is 23.5 Å². The average molecular weight is 231 g/mol. The third kappa shape index (κ3) is 3.52. The second-order valence-corrected chi connectivity index (χ2v) is 6.37. The quantitative estimate of drug-likeness (QED) is 0.731. The summed E-state index contributed by atoms with van der Waals surface area (Å²) in [5.74, 6) is 2.62. The molecule has 1 nitrogen and oxygen atoms in total. The largest absolute Gasteiger partial charge is 0.313 e. The maximum Gasteiger partial charge on any atom is 0.0320 e. The van der Waals surface area contributed by atoms with Crippen molar-refractivity contribution in [3.63, 3.8) is 0 Å². The van der Waals surface area contributed by atoms with Crippen LogP contribution in [0.4, 0.5) is 0 Å². The molecule has 3 atom stereocenters.